The standard InChI is InChI=1S/C15H17N3OS/c19-15(14-5-1-2-6-16-14)18-9-7-17(8-10-18)12-13-4-3-11-20-13/h1-6,11H,7-10,12H2. The first kappa shape index (κ1) is 13.3. The molecular weight excluding hydrogens is 270 g/mol. The second-order valence-corrected chi connectivity index (χ2v) is 5.89. The first-order chi connectivity index (χ1) is 9.83. The quantitative estimate of drug-likeness (QED) is 0.867. The molecule has 1 saturated heterocycles. The number of aromatic nitrogens is 1. The Morgan fingerprint density at radius 3 is 2.65 bits per heavy atom. The lowest BCUT2D eigenvalue weighted by atomic mass is 10.2. The molecule has 0 radical (unpaired) electrons. The van der Waals surface area contributed by atoms with Crippen LogP contribution in [0.3, 0.4) is 0 Å². The summed E-state index contributed by atoms with van der Waals surface area (Å²) in [6.45, 7) is 4.40. The summed E-state index contributed by atoms with van der Waals surface area (Å²) in [5, 5.41) is 2.11. The van der Waals surface area contributed by atoms with Gasteiger partial charge >= 0.3 is 0 Å². The van der Waals surface area contributed by atoms with E-state index in [1.54, 1.807) is 23.6 Å². The van der Waals surface area contributed by atoms with Gasteiger partial charge in [-0.1, -0.05) is 12.1 Å². The fourth-order valence-electron chi connectivity index (χ4n) is 2.38. The Kier molecular flexibility index (Phi) is 4.08. The third-order valence-electron chi connectivity index (χ3n) is 3.50. The summed E-state index contributed by atoms with van der Waals surface area (Å²) in [4.78, 5) is 22.1. The molecule has 3 rings (SSSR count). The molecule has 4 nitrogen and oxygen atoms in total. The fraction of sp³-hybridized carbons (Fsp3) is 0.333. The number of hydrogen-bond acceptors (Lipinski definition) is 4. The van der Waals surface area contributed by atoms with E-state index < -0.39 is 0 Å². The summed E-state index contributed by atoms with van der Waals surface area (Å²) in [5.74, 6) is 0.0429. The number of amides is 1. The van der Waals surface area contributed by atoms with Crippen molar-refractivity contribution in [2.45, 2.75) is 6.54 Å². The Bertz CT molecular complexity index is 548. The first-order valence-corrected chi connectivity index (χ1v) is 7.66. The van der Waals surface area contributed by atoms with Crippen molar-refractivity contribution in [1.29, 1.82) is 0 Å². The van der Waals surface area contributed by atoms with Gasteiger partial charge in [0, 0.05) is 43.8 Å². The van der Waals surface area contributed by atoms with Crippen molar-refractivity contribution < 1.29 is 4.79 Å². The lowest BCUT2D eigenvalue weighted by Gasteiger charge is -2.34. The van der Waals surface area contributed by atoms with Gasteiger partial charge in [-0.15, -0.1) is 11.3 Å². The second kappa shape index (κ2) is 6.15. The van der Waals surface area contributed by atoms with Crippen LogP contribution >= 0.6 is 11.3 Å². The predicted octanol–water partition coefficient (Wildman–Crippen LogP) is 2.10. The summed E-state index contributed by atoms with van der Waals surface area (Å²) in [5.41, 5.74) is 0.541. The van der Waals surface area contributed by atoms with Crippen LogP contribution in [0, 0.1) is 0 Å². The maximum absolute atomic E-state index is 12.3. The number of carbonyl (C=O) groups is 1. The molecule has 5 heteroatoms. The van der Waals surface area contributed by atoms with Crippen molar-refractivity contribution in [2.75, 3.05) is 26.2 Å². The van der Waals surface area contributed by atoms with Gasteiger partial charge in [0.15, 0.2) is 0 Å². The Morgan fingerprint density at radius 2 is 2.00 bits per heavy atom. The zero-order valence-corrected chi connectivity index (χ0v) is 12.1. The summed E-state index contributed by atoms with van der Waals surface area (Å²) in [7, 11) is 0. The van der Waals surface area contributed by atoms with Gasteiger partial charge in [0.05, 0.1) is 0 Å². The smallest absolute Gasteiger partial charge is 0.272 e. The third-order valence-corrected chi connectivity index (χ3v) is 4.36. The van der Waals surface area contributed by atoms with Crippen molar-refractivity contribution in [3.63, 3.8) is 0 Å². The highest BCUT2D eigenvalue weighted by Crippen LogP contribution is 2.14. The maximum Gasteiger partial charge on any atom is 0.272 e. The van der Waals surface area contributed by atoms with Gasteiger partial charge in [-0.2, -0.15) is 0 Å². The molecule has 104 valence electrons. The van der Waals surface area contributed by atoms with E-state index in [9.17, 15) is 4.79 Å². The predicted molar refractivity (Wildman–Crippen MR) is 79.7 cm³/mol. The number of rotatable bonds is 3. The van der Waals surface area contributed by atoms with E-state index in [4.69, 9.17) is 0 Å². The largest absolute Gasteiger partial charge is 0.335 e. The van der Waals surface area contributed by atoms with E-state index in [2.05, 4.69) is 27.4 Å². The Balaban J connectivity index is 1.55. The van der Waals surface area contributed by atoms with Crippen LogP contribution in [0.5, 0.6) is 0 Å². The van der Waals surface area contributed by atoms with Crippen molar-refractivity contribution in [1.82, 2.24) is 14.8 Å². The molecule has 0 saturated carbocycles. The first-order valence-electron chi connectivity index (χ1n) is 6.78. The fourth-order valence-corrected chi connectivity index (χ4v) is 3.13. The van der Waals surface area contributed by atoms with Gasteiger partial charge < -0.3 is 4.90 Å². The van der Waals surface area contributed by atoms with E-state index >= 15 is 0 Å². The molecule has 1 aliphatic rings. The molecule has 1 amide bonds. The zero-order valence-electron chi connectivity index (χ0n) is 11.2. The molecule has 3 heterocycles. The van der Waals surface area contributed by atoms with Gasteiger partial charge in [0.2, 0.25) is 0 Å². The number of pyridine rings is 1. The average molecular weight is 287 g/mol. The van der Waals surface area contributed by atoms with Crippen molar-refractivity contribution in [2.24, 2.45) is 0 Å². The molecule has 2 aromatic heterocycles. The van der Waals surface area contributed by atoms with Gasteiger partial charge in [0.25, 0.3) is 5.91 Å². The monoisotopic (exact) mass is 287 g/mol. The number of hydrogen-bond donors (Lipinski definition) is 0. The molecule has 20 heavy (non-hydrogen) atoms. The molecule has 0 aliphatic carbocycles. The molecular formula is C15H17N3OS. The molecule has 0 atom stereocenters. The lowest BCUT2D eigenvalue weighted by Crippen LogP contribution is -2.48. The van der Waals surface area contributed by atoms with Crippen molar-refractivity contribution in [3.8, 4) is 0 Å². The van der Waals surface area contributed by atoms with Gasteiger partial charge in [-0.3, -0.25) is 14.7 Å². The molecule has 0 aromatic carbocycles. The van der Waals surface area contributed by atoms with Gasteiger partial charge in [-0.25, -0.2) is 0 Å². The second-order valence-electron chi connectivity index (χ2n) is 4.86. The topological polar surface area (TPSA) is 36.4 Å². The minimum atomic E-state index is 0.0429. The van der Waals surface area contributed by atoms with E-state index in [1.807, 2.05) is 17.0 Å². The highest BCUT2D eigenvalue weighted by molar-refractivity contribution is 7.09. The molecule has 0 unspecified atom stereocenters. The number of carbonyl (C=O) groups excluding carboxylic acids is 1. The number of thiophene rings is 1. The van der Waals surface area contributed by atoms with Crippen LogP contribution in [0.1, 0.15) is 15.4 Å². The van der Waals surface area contributed by atoms with Crippen LogP contribution < -0.4 is 0 Å². The SMILES string of the molecule is O=C(c1ccccn1)N1CCN(Cc2cccs2)CC1. The van der Waals surface area contributed by atoms with Gasteiger partial charge in [0.1, 0.15) is 5.69 Å². The summed E-state index contributed by atoms with van der Waals surface area (Å²) in [6.07, 6.45) is 1.67. The minimum Gasteiger partial charge on any atom is -0.335 e. The Hall–Kier alpha value is -1.72. The highest BCUT2D eigenvalue weighted by Gasteiger charge is 2.22. The van der Waals surface area contributed by atoms with Crippen molar-refractivity contribution >= 4 is 17.2 Å². The van der Waals surface area contributed by atoms with Crippen LogP contribution in [0.15, 0.2) is 41.9 Å². The molecule has 0 N–H and O–H groups in total. The molecule has 0 spiro atoms. The minimum absolute atomic E-state index is 0.0429. The van der Waals surface area contributed by atoms with E-state index in [1.165, 1.54) is 4.88 Å². The highest BCUT2D eigenvalue weighted by atomic mass is 32.1. The summed E-state index contributed by atoms with van der Waals surface area (Å²) >= 11 is 1.79. The van der Waals surface area contributed by atoms with Crippen LogP contribution in [0.25, 0.3) is 0 Å². The normalized spacial score (nSPS) is 16.3. The molecule has 1 aliphatic heterocycles. The van der Waals surface area contributed by atoms with E-state index in [0.717, 1.165) is 32.7 Å². The average Bonchev–Trinajstić information content (AvgIpc) is 3.01. The van der Waals surface area contributed by atoms with E-state index in [0.29, 0.717) is 5.69 Å². The third kappa shape index (κ3) is 3.05. The maximum atomic E-state index is 12.3. The zero-order chi connectivity index (χ0) is 13.8. The Morgan fingerprint density at radius 1 is 1.15 bits per heavy atom. The number of piperazine rings is 1. The molecule has 0 bridgehead atoms. The molecule has 2 aromatic rings. The van der Waals surface area contributed by atoms with E-state index in [-0.39, 0.29) is 5.91 Å². The molecule has 1 fully saturated rings. The van der Waals surface area contributed by atoms with Crippen LogP contribution in [-0.4, -0.2) is 46.9 Å². The number of nitrogens with zero attached hydrogens (tertiary/aromatic N) is 3. The van der Waals surface area contributed by atoms with Crippen LogP contribution in [0.2, 0.25) is 0 Å². The van der Waals surface area contributed by atoms with Crippen molar-refractivity contribution in [3.05, 3.63) is 52.5 Å². The summed E-state index contributed by atoms with van der Waals surface area (Å²) < 4.78 is 0. The van der Waals surface area contributed by atoms with Crippen LogP contribution in [0.4, 0.5) is 0 Å². The van der Waals surface area contributed by atoms with Gasteiger partial charge in [-0.05, 0) is 23.6 Å². The van der Waals surface area contributed by atoms with Crippen LogP contribution in [-0.2, 0) is 6.54 Å². The summed E-state index contributed by atoms with van der Waals surface area (Å²) in [6, 6.07) is 9.71. The Labute approximate surface area is 122 Å². The lowest BCUT2D eigenvalue weighted by molar-refractivity contribution is 0.0624.